The van der Waals surface area contributed by atoms with E-state index in [-0.39, 0.29) is 22.9 Å². The Bertz CT molecular complexity index is 1040. The van der Waals surface area contributed by atoms with Crippen molar-refractivity contribution in [3.63, 3.8) is 0 Å². The van der Waals surface area contributed by atoms with Gasteiger partial charge in [-0.3, -0.25) is 19.3 Å². The first-order chi connectivity index (χ1) is 14.3. The van der Waals surface area contributed by atoms with Gasteiger partial charge < -0.3 is 15.2 Å². The van der Waals surface area contributed by atoms with Crippen molar-refractivity contribution >= 4 is 56.5 Å². The molecular weight excluding hydrogens is 472 g/mol. The van der Waals surface area contributed by atoms with Gasteiger partial charge in [-0.2, -0.15) is 0 Å². The smallest absolute Gasteiger partial charge is 0.294 e. The Balaban J connectivity index is 1.74. The van der Waals surface area contributed by atoms with Crippen LogP contribution >= 0.6 is 27.7 Å². The molecule has 7 nitrogen and oxygen atoms in total. The van der Waals surface area contributed by atoms with Gasteiger partial charge in [-0.15, -0.1) is 0 Å². The number of anilines is 1. The lowest BCUT2D eigenvalue weighted by Gasteiger charge is -2.12. The van der Waals surface area contributed by atoms with Crippen molar-refractivity contribution in [3.05, 3.63) is 56.9 Å². The molecule has 2 aromatic carbocycles. The van der Waals surface area contributed by atoms with Crippen molar-refractivity contribution in [1.29, 1.82) is 0 Å². The fraction of sp³-hybridized carbons (Fsp3) is 0.190. The van der Waals surface area contributed by atoms with Crippen molar-refractivity contribution in [3.8, 4) is 11.5 Å². The summed E-state index contributed by atoms with van der Waals surface area (Å²) in [5.41, 5.74) is 2.21. The monoisotopic (exact) mass is 490 g/mol. The summed E-state index contributed by atoms with van der Waals surface area (Å²) in [5.74, 6) is -0.802. The molecule has 1 aliphatic rings. The second-order valence-electron chi connectivity index (χ2n) is 6.46. The number of thioether (sulfide) groups is 1. The number of phenols is 1. The molecule has 0 saturated carbocycles. The number of imide groups is 1. The van der Waals surface area contributed by atoms with Crippen molar-refractivity contribution in [1.82, 2.24) is 4.90 Å². The molecule has 9 heteroatoms. The summed E-state index contributed by atoms with van der Waals surface area (Å²) in [7, 11) is 0. The first kappa shape index (κ1) is 21.9. The molecule has 1 aliphatic heterocycles. The van der Waals surface area contributed by atoms with Gasteiger partial charge in [0.25, 0.3) is 11.1 Å². The average Bonchev–Trinajstić information content (AvgIpc) is 2.95. The van der Waals surface area contributed by atoms with E-state index in [0.29, 0.717) is 22.3 Å². The first-order valence-corrected chi connectivity index (χ1v) is 10.7. The van der Waals surface area contributed by atoms with Gasteiger partial charge in [0, 0.05) is 5.69 Å². The molecule has 0 aromatic heterocycles. The minimum Gasteiger partial charge on any atom is -0.503 e. The number of hydrogen-bond donors (Lipinski definition) is 2. The zero-order chi connectivity index (χ0) is 21.8. The fourth-order valence-corrected chi connectivity index (χ4v) is 4.01. The second-order valence-corrected chi connectivity index (χ2v) is 8.31. The number of phenolic OH excluding ortho intramolecular Hbond substituents is 1. The van der Waals surface area contributed by atoms with Gasteiger partial charge in [-0.1, -0.05) is 17.7 Å². The van der Waals surface area contributed by atoms with Crippen LogP contribution in [-0.2, 0) is 9.59 Å². The van der Waals surface area contributed by atoms with Crippen LogP contribution in [-0.4, -0.2) is 40.2 Å². The summed E-state index contributed by atoms with van der Waals surface area (Å²) in [4.78, 5) is 38.3. The summed E-state index contributed by atoms with van der Waals surface area (Å²) in [6.07, 6.45) is 1.52. The van der Waals surface area contributed by atoms with Crippen LogP contribution in [0, 0.1) is 6.92 Å². The molecule has 0 radical (unpaired) electrons. The Morgan fingerprint density at radius 3 is 2.63 bits per heavy atom. The maximum absolute atomic E-state index is 12.7. The van der Waals surface area contributed by atoms with E-state index in [1.54, 1.807) is 31.2 Å². The maximum Gasteiger partial charge on any atom is 0.294 e. The topological polar surface area (TPSA) is 95.9 Å². The van der Waals surface area contributed by atoms with Gasteiger partial charge in [0.15, 0.2) is 11.5 Å². The molecule has 0 bridgehead atoms. The lowest BCUT2D eigenvalue weighted by molar-refractivity contribution is -0.127. The Morgan fingerprint density at radius 2 is 1.97 bits per heavy atom. The summed E-state index contributed by atoms with van der Waals surface area (Å²) in [5, 5.41) is 12.2. The number of rotatable bonds is 6. The van der Waals surface area contributed by atoms with Crippen LogP contribution < -0.4 is 10.1 Å². The van der Waals surface area contributed by atoms with E-state index < -0.39 is 17.1 Å². The average molecular weight is 491 g/mol. The SMILES string of the molecule is CCOc1cc(/C=C2\SC(=O)N(CC(=O)Nc3ccc(C)cc3)C2=O)cc(Br)c1O. The van der Waals surface area contributed by atoms with Gasteiger partial charge in [0.2, 0.25) is 5.91 Å². The summed E-state index contributed by atoms with van der Waals surface area (Å²) in [6, 6.07) is 10.4. The van der Waals surface area contributed by atoms with E-state index in [1.165, 1.54) is 6.08 Å². The number of benzene rings is 2. The highest BCUT2D eigenvalue weighted by Gasteiger charge is 2.36. The third-order valence-electron chi connectivity index (χ3n) is 4.16. The van der Waals surface area contributed by atoms with Crippen molar-refractivity contribution in [2.75, 3.05) is 18.5 Å². The maximum atomic E-state index is 12.7. The quantitative estimate of drug-likeness (QED) is 0.577. The number of aryl methyl sites for hydroxylation is 1. The fourth-order valence-electron chi connectivity index (χ4n) is 2.71. The Morgan fingerprint density at radius 1 is 1.27 bits per heavy atom. The standard InChI is InChI=1S/C21H19BrN2O5S/c1-3-29-16-9-13(8-15(22)19(16)26)10-17-20(27)24(21(28)30-17)11-18(25)23-14-6-4-12(2)5-7-14/h4-10,26H,3,11H2,1-2H3,(H,23,25)/b17-10-. The van der Waals surface area contributed by atoms with E-state index in [0.717, 1.165) is 22.2 Å². The van der Waals surface area contributed by atoms with Crippen molar-refractivity contribution < 1.29 is 24.2 Å². The van der Waals surface area contributed by atoms with Gasteiger partial charge in [0.1, 0.15) is 6.54 Å². The number of halogens is 1. The van der Waals surface area contributed by atoms with Crippen LogP contribution in [0.25, 0.3) is 6.08 Å². The molecule has 0 aliphatic carbocycles. The van der Waals surface area contributed by atoms with Crippen LogP contribution in [0.1, 0.15) is 18.1 Å². The van der Waals surface area contributed by atoms with Crippen LogP contribution in [0.15, 0.2) is 45.8 Å². The molecule has 1 saturated heterocycles. The minimum absolute atomic E-state index is 0.0464. The lowest BCUT2D eigenvalue weighted by atomic mass is 10.2. The summed E-state index contributed by atoms with van der Waals surface area (Å²) < 4.78 is 5.78. The first-order valence-electron chi connectivity index (χ1n) is 9.05. The molecule has 1 heterocycles. The highest BCUT2D eigenvalue weighted by molar-refractivity contribution is 9.10. The van der Waals surface area contributed by atoms with Crippen molar-refractivity contribution in [2.45, 2.75) is 13.8 Å². The predicted octanol–water partition coefficient (Wildman–Crippen LogP) is 4.54. The highest BCUT2D eigenvalue weighted by atomic mass is 79.9. The van der Waals surface area contributed by atoms with E-state index in [9.17, 15) is 19.5 Å². The van der Waals surface area contributed by atoms with E-state index in [2.05, 4.69) is 21.2 Å². The van der Waals surface area contributed by atoms with Gasteiger partial charge in [0.05, 0.1) is 16.0 Å². The van der Waals surface area contributed by atoms with Gasteiger partial charge >= 0.3 is 0 Å². The number of aromatic hydroxyl groups is 1. The third-order valence-corrected chi connectivity index (χ3v) is 5.67. The molecule has 2 aromatic rings. The number of nitrogens with one attached hydrogen (secondary N) is 1. The molecule has 30 heavy (non-hydrogen) atoms. The van der Waals surface area contributed by atoms with Crippen molar-refractivity contribution in [2.24, 2.45) is 0 Å². The minimum atomic E-state index is -0.550. The number of carbonyl (C=O) groups is 3. The molecule has 0 unspecified atom stereocenters. The lowest BCUT2D eigenvalue weighted by Crippen LogP contribution is -2.36. The highest BCUT2D eigenvalue weighted by Crippen LogP contribution is 2.38. The van der Waals surface area contributed by atoms with Crippen LogP contribution in [0.5, 0.6) is 11.5 Å². The van der Waals surface area contributed by atoms with E-state index >= 15 is 0 Å². The summed E-state index contributed by atoms with van der Waals surface area (Å²) >= 11 is 4.00. The number of hydrogen-bond acceptors (Lipinski definition) is 6. The molecule has 0 atom stereocenters. The van der Waals surface area contributed by atoms with Crippen LogP contribution in [0.3, 0.4) is 0 Å². The molecular formula is C21H19BrN2O5S. The second kappa shape index (κ2) is 9.36. The Kier molecular flexibility index (Phi) is 6.84. The Hall–Kier alpha value is -2.78. The zero-order valence-electron chi connectivity index (χ0n) is 16.3. The number of nitrogens with zero attached hydrogens (tertiary/aromatic N) is 1. The van der Waals surface area contributed by atoms with E-state index in [4.69, 9.17) is 4.74 Å². The van der Waals surface area contributed by atoms with E-state index in [1.807, 2.05) is 19.1 Å². The molecule has 3 rings (SSSR count). The molecule has 0 spiro atoms. The van der Waals surface area contributed by atoms with Crippen LogP contribution in [0.4, 0.5) is 10.5 Å². The third kappa shape index (κ3) is 5.03. The molecule has 3 amide bonds. The number of carbonyl (C=O) groups excluding carboxylic acids is 3. The van der Waals surface area contributed by atoms with Crippen LogP contribution in [0.2, 0.25) is 0 Å². The van der Waals surface area contributed by atoms with Gasteiger partial charge in [-0.25, -0.2) is 0 Å². The molecule has 1 fully saturated rings. The predicted molar refractivity (Wildman–Crippen MR) is 119 cm³/mol. The Labute approximate surface area is 186 Å². The summed E-state index contributed by atoms with van der Waals surface area (Å²) in [6.45, 7) is 3.70. The molecule has 156 valence electrons. The largest absolute Gasteiger partial charge is 0.503 e. The zero-order valence-corrected chi connectivity index (χ0v) is 18.7. The number of amides is 3. The normalized spacial score (nSPS) is 15.0. The van der Waals surface area contributed by atoms with Gasteiger partial charge in [-0.05, 0) is 77.4 Å². The number of ether oxygens (including phenoxy) is 1. The molecule has 2 N–H and O–H groups in total.